The van der Waals surface area contributed by atoms with Crippen molar-refractivity contribution in [3.63, 3.8) is 0 Å². The Kier molecular flexibility index (Phi) is 3.66. The fourth-order valence-electron chi connectivity index (χ4n) is 0.982. The van der Waals surface area contributed by atoms with Gasteiger partial charge in [-0.05, 0) is 18.6 Å². The zero-order valence-corrected chi connectivity index (χ0v) is 8.79. The first-order chi connectivity index (χ1) is 7.06. The molecule has 0 saturated heterocycles. The molecule has 0 amide bonds. The Labute approximate surface area is 88.0 Å². The molecule has 0 spiro atoms. The lowest BCUT2D eigenvalue weighted by Gasteiger charge is -2.09. The van der Waals surface area contributed by atoms with Gasteiger partial charge in [0.1, 0.15) is 0 Å². The quantitative estimate of drug-likeness (QED) is 0.474. The molecule has 0 fully saturated rings. The number of esters is 1. The van der Waals surface area contributed by atoms with Gasteiger partial charge in [0.15, 0.2) is 11.6 Å². The smallest absolute Gasteiger partial charge is 0.314 e. The second-order valence-electron chi connectivity index (χ2n) is 3.39. The van der Waals surface area contributed by atoms with Gasteiger partial charge in [0, 0.05) is 0 Å². The van der Waals surface area contributed by atoms with Crippen LogP contribution in [0.4, 0.5) is 10.1 Å². The van der Waals surface area contributed by atoms with Crippen molar-refractivity contribution in [2.45, 2.75) is 20.3 Å². The normalized spacial score (nSPS) is 12.2. The van der Waals surface area contributed by atoms with Crippen LogP contribution in [0, 0.1) is 11.7 Å². The lowest BCUT2D eigenvalue weighted by Crippen LogP contribution is -2.17. The van der Waals surface area contributed by atoms with Crippen molar-refractivity contribution in [1.29, 1.82) is 0 Å². The fraction of sp³-hybridized carbons (Fsp3) is 0.364. The second-order valence-corrected chi connectivity index (χ2v) is 3.39. The summed E-state index contributed by atoms with van der Waals surface area (Å²) in [6.07, 6.45) is 0.656. The molecule has 0 aliphatic heterocycles. The van der Waals surface area contributed by atoms with Gasteiger partial charge in [-0.3, -0.25) is 4.79 Å². The standard InChI is InChI=1S/C11H14FNO2/c1-3-7(2)11(14)15-9-6-4-5-8(13)10(9)12/h4-7H,3,13H2,1-2H3. The van der Waals surface area contributed by atoms with Gasteiger partial charge in [0.2, 0.25) is 0 Å². The second kappa shape index (κ2) is 4.77. The molecule has 15 heavy (non-hydrogen) atoms. The molecule has 0 aliphatic carbocycles. The van der Waals surface area contributed by atoms with Crippen molar-refractivity contribution in [2.24, 2.45) is 5.92 Å². The van der Waals surface area contributed by atoms with Crippen molar-refractivity contribution in [2.75, 3.05) is 5.73 Å². The maximum Gasteiger partial charge on any atom is 0.314 e. The summed E-state index contributed by atoms with van der Waals surface area (Å²) >= 11 is 0. The highest BCUT2D eigenvalue weighted by Crippen LogP contribution is 2.22. The number of hydrogen-bond acceptors (Lipinski definition) is 3. The number of nitrogen functional groups attached to an aromatic ring is 1. The van der Waals surface area contributed by atoms with Gasteiger partial charge in [0.05, 0.1) is 11.6 Å². The van der Waals surface area contributed by atoms with E-state index in [1.807, 2.05) is 6.92 Å². The molecule has 2 N–H and O–H groups in total. The summed E-state index contributed by atoms with van der Waals surface area (Å²) < 4.78 is 18.2. The van der Waals surface area contributed by atoms with E-state index in [0.29, 0.717) is 6.42 Å². The first-order valence-electron chi connectivity index (χ1n) is 4.82. The zero-order valence-electron chi connectivity index (χ0n) is 8.79. The van der Waals surface area contributed by atoms with Crippen LogP contribution in [0.1, 0.15) is 20.3 Å². The van der Waals surface area contributed by atoms with Gasteiger partial charge < -0.3 is 10.5 Å². The molecule has 1 aromatic rings. The molecule has 0 aromatic heterocycles. The maximum atomic E-state index is 13.3. The maximum absolute atomic E-state index is 13.3. The number of ether oxygens (including phenoxy) is 1. The number of nitrogens with two attached hydrogens (primary N) is 1. The topological polar surface area (TPSA) is 52.3 Å². The molecule has 0 bridgehead atoms. The van der Waals surface area contributed by atoms with E-state index in [2.05, 4.69) is 0 Å². The summed E-state index contributed by atoms with van der Waals surface area (Å²) in [5.41, 5.74) is 5.32. The molecule has 1 unspecified atom stereocenters. The van der Waals surface area contributed by atoms with Crippen LogP contribution >= 0.6 is 0 Å². The van der Waals surface area contributed by atoms with Crippen molar-refractivity contribution >= 4 is 11.7 Å². The van der Waals surface area contributed by atoms with Crippen LogP contribution in [-0.2, 0) is 4.79 Å². The Morgan fingerprint density at radius 3 is 2.87 bits per heavy atom. The van der Waals surface area contributed by atoms with Crippen LogP contribution < -0.4 is 10.5 Å². The number of carbonyl (C=O) groups is 1. The molecule has 82 valence electrons. The summed E-state index contributed by atoms with van der Waals surface area (Å²) in [6, 6.07) is 4.33. The average molecular weight is 211 g/mol. The van der Waals surface area contributed by atoms with Crippen molar-refractivity contribution in [3.05, 3.63) is 24.0 Å². The van der Waals surface area contributed by atoms with Crippen LogP contribution in [-0.4, -0.2) is 5.97 Å². The zero-order chi connectivity index (χ0) is 11.4. The highest BCUT2D eigenvalue weighted by atomic mass is 19.1. The SMILES string of the molecule is CCC(C)C(=O)Oc1cccc(N)c1F. The molecule has 0 radical (unpaired) electrons. The Hall–Kier alpha value is -1.58. The minimum atomic E-state index is -0.686. The Bertz CT molecular complexity index is 366. The third-order valence-corrected chi connectivity index (χ3v) is 2.22. The summed E-state index contributed by atoms with van der Waals surface area (Å²) in [4.78, 5) is 11.4. The van der Waals surface area contributed by atoms with Gasteiger partial charge in [-0.25, -0.2) is 4.39 Å². The van der Waals surface area contributed by atoms with Crippen LogP contribution in [0.5, 0.6) is 5.75 Å². The van der Waals surface area contributed by atoms with Crippen molar-refractivity contribution < 1.29 is 13.9 Å². The Morgan fingerprint density at radius 1 is 1.60 bits per heavy atom. The van der Waals surface area contributed by atoms with Gasteiger partial charge in [-0.15, -0.1) is 0 Å². The average Bonchev–Trinajstić information content (AvgIpc) is 2.23. The number of hydrogen-bond donors (Lipinski definition) is 1. The van der Waals surface area contributed by atoms with E-state index in [1.54, 1.807) is 6.92 Å². The minimum absolute atomic E-state index is 0.0237. The number of anilines is 1. The van der Waals surface area contributed by atoms with Gasteiger partial charge in [0.25, 0.3) is 0 Å². The molecule has 1 rings (SSSR count). The number of carbonyl (C=O) groups excluding carboxylic acids is 1. The Morgan fingerprint density at radius 2 is 2.27 bits per heavy atom. The third-order valence-electron chi connectivity index (χ3n) is 2.22. The monoisotopic (exact) mass is 211 g/mol. The van der Waals surface area contributed by atoms with E-state index in [-0.39, 0.29) is 17.4 Å². The minimum Gasteiger partial charge on any atom is -0.423 e. The highest BCUT2D eigenvalue weighted by molar-refractivity contribution is 5.75. The van der Waals surface area contributed by atoms with E-state index in [0.717, 1.165) is 0 Å². The number of rotatable bonds is 3. The van der Waals surface area contributed by atoms with Gasteiger partial charge in [-0.1, -0.05) is 19.9 Å². The molecule has 3 nitrogen and oxygen atoms in total. The first kappa shape index (κ1) is 11.5. The summed E-state index contributed by atoms with van der Waals surface area (Å²) in [5, 5.41) is 0. The van der Waals surface area contributed by atoms with Gasteiger partial charge >= 0.3 is 5.97 Å². The van der Waals surface area contributed by atoms with E-state index < -0.39 is 11.8 Å². The van der Waals surface area contributed by atoms with E-state index in [9.17, 15) is 9.18 Å². The third kappa shape index (κ3) is 2.68. The van der Waals surface area contributed by atoms with Crippen LogP contribution in [0.2, 0.25) is 0 Å². The summed E-state index contributed by atoms with van der Waals surface area (Å²) in [5.74, 6) is -1.48. The highest BCUT2D eigenvalue weighted by Gasteiger charge is 2.16. The van der Waals surface area contributed by atoms with E-state index in [1.165, 1.54) is 18.2 Å². The van der Waals surface area contributed by atoms with Crippen LogP contribution in [0.15, 0.2) is 18.2 Å². The van der Waals surface area contributed by atoms with Crippen molar-refractivity contribution in [3.8, 4) is 5.75 Å². The lowest BCUT2D eigenvalue weighted by atomic mass is 10.1. The van der Waals surface area contributed by atoms with Crippen LogP contribution in [0.3, 0.4) is 0 Å². The Balaban J connectivity index is 2.81. The van der Waals surface area contributed by atoms with Gasteiger partial charge in [-0.2, -0.15) is 0 Å². The first-order valence-corrected chi connectivity index (χ1v) is 4.82. The fourth-order valence-corrected chi connectivity index (χ4v) is 0.982. The molecule has 0 aliphatic rings. The van der Waals surface area contributed by atoms with E-state index >= 15 is 0 Å². The molecular formula is C11H14FNO2. The predicted molar refractivity (Wildman–Crippen MR) is 55.9 cm³/mol. The largest absolute Gasteiger partial charge is 0.423 e. The number of benzene rings is 1. The summed E-state index contributed by atoms with van der Waals surface area (Å²) in [6.45, 7) is 3.59. The summed E-state index contributed by atoms with van der Waals surface area (Å²) in [7, 11) is 0. The molecule has 0 saturated carbocycles. The molecule has 0 heterocycles. The van der Waals surface area contributed by atoms with Crippen LogP contribution in [0.25, 0.3) is 0 Å². The van der Waals surface area contributed by atoms with Crippen molar-refractivity contribution in [1.82, 2.24) is 0 Å². The molecular weight excluding hydrogens is 197 g/mol. The van der Waals surface area contributed by atoms with E-state index in [4.69, 9.17) is 10.5 Å². The predicted octanol–water partition coefficient (Wildman–Crippen LogP) is 2.36. The molecule has 4 heteroatoms. The number of halogens is 1. The lowest BCUT2D eigenvalue weighted by molar-refractivity contribution is -0.138. The molecule has 1 aromatic carbocycles. The molecule has 1 atom stereocenters.